The van der Waals surface area contributed by atoms with Gasteiger partial charge in [-0.2, -0.15) is 0 Å². The number of hydrogen-bond donors (Lipinski definition) is 1. The van der Waals surface area contributed by atoms with Gasteiger partial charge < -0.3 is 10.5 Å². The zero-order valence-electron chi connectivity index (χ0n) is 13.4. The Balaban J connectivity index is 2.49. The van der Waals surface area contributed by atoms with Gasteiger partial charge in [-0.25, -0.2) is 0 Å². The number of nitrogen functional groups attached to an aromatic ring is 1. The van der Waals surface area contributed by atoms with Crippen LogP contribution >= 0.6 is 23.4 Å². The number of carbonyl (C=O) groups is 1. The van der Waals surface area contributed by atoms with E-state index in [9.17, 15) is 4.79 Å². The van der Waals surface area contributed by atoms with Crippen molar-refractivity contribution < 1.29 is 9.53 Å². The highest BCUT2D eigenvalue weighted by atomic mass is 35.5. The van der Waals surface area contributed by atoms with Crippen LogP contribution in [0.25, 0.3) is 0 Å². The van der Waals surface area contributed by atoms with Crippen molar-refractivity contribution >= 4 is 35.0 Å². The van der Waals surface area contributed by atoms with Crippen molar-refractivity contribution in [1.29, 1.82) is 0 Å². The lowest BCUT2D eigenvalue weighted by Gasteiger charge is -2.22. The van der Waals surface area contributed by atoms with Gasteiger partial charge in [-0.05, 0) is 54.3 Å². The quantitative estimate of drug-likeness (QED) is 0.636. The maximum Gasteiger partial charge on any atom is 0.315 e. The van der Waals surface area contributed by atoms with Gasteiger partial charge in [-0.1, -0.05) is 29.8 Å². The molecule has 2 aromatic carbocycles. The number of thioether (sulfide) groups is 1. The molecular weight excluding hydrogens is 330 g/mol. The highest BCUT2D eigenvalue weighted by Crippen LogP contribution is 2.41. The van der Waals surface area contributed by atoms with Crippen LogP contribution in [-0.4, -0.2) is 18.8 Å². The van der Waals surface area contributed by atoms with Crippen molar-refractivity contribution in [3.63, 3.8) is 0 Å². The lowest BCUT2D eigenvalue weighted by Crippen LogP contribution is -2.09. The minimum atomic E-state index is -0.258. The molecule has 0 heterocycles. The van der Waals surface area contributed by atoms with E-state index in [-0.39, 0.29) is 17.0 Å². The number of anilines is 1. The Bertz CT molecular complexity index is 716. The molecule has 3 nitrogen and oxygen atoms in total. The van der Waals surface area contributed by atoms with Crippen LogP contribution in [0.1, 0.15) is 27.5 Å². The lowest BCUT2D eigenvalue weighted by atomic mass is 9.96. The number of aryl methyl sites for hydroxylation is 1. The fourth-order valence-corrected chi connectivity index (χ4v) is 3.81. The Hall–Kier alpha value is -1.65. The standard InChI is InChI=1S/C18H20ClNO2S/c1-11-5-4-6-14(12(11)2)18(23-10-17(21)22-3)15-9-13(19)7-8-16(15)20/h4-9,18H,10,20H2,1-3H3. The fraction of sp³-hybridized carbons (Fsp3) is 0.278. The molecule has 0 radical (unpaired) electrons. The summed E-state index contributed by atoms with van der Waals surface area (Å²) in [6, 6.07) is 11.6. The zero-order chi connectivity index (χ0) is 17.0. The third-order valence-corrected chi connectivity index (χ3v) is 5.33. The van der Waals surface area contributed by atoms with Crippen molar-refractivity contribution in [2.45, 2.75) is 19.1 Å². The second-order valence-electron chi connectivity index (χ2n) is 5.33. The van der Waals surface area contributed by atoms with Gasteiger partial charge in [-0.15, -0.1) is 11.8 Å². The SMILES string of the molecule is COC(=O)CSC(c1cc(Cl)ccc1N)c1cccc(C)c1C. The second-order valence-corrected chi connectivity index (χ2v) is 6.86. The first kappa shape index (κ1) is 17.7. The van der Waals surface area contributed by atoms with Gasteiger partial charge >= 0.3 is 5.97 Å². The third kappa shape index (κ3) is 4.21. The Morgan fingerprint density at radius 3 is 2.70 bits per heavy atom. The number of ether oxygens (including phenoxy) is 1. The summed E-state index contributed by atoms with van der Waals surface area (Å²) in [4.78, 5) is 11.6. The minimum Gasteiger partial charge on any atom is -0.468 e. The summed E-state index contributed by atoms with van der Waals surface area (Å²) in [5, 5.41) is 0.552. The molecule has 0 bridgehead atoms. The minimum absolute atomic E-state index is 0.0762. The lowest BCUT2D eigenvalue weighted by molar-refractivity contribution is -0.137. The number of esters is 1. The molecular formula is C18H20ClNO2S. The van der Waals surface area contributed by atoms with E-state index >= 15 is 0 Å². The van der Waals surface area contributed by atoms with Crippen molar-refractivity contribution in [2.24, 2.45) is 0 Å². The summed E-state index contributed by atoms with van der Waals surface area (Å²) in [6.45, 7) is 4.15. The number of nitrogens with two attached hydrogens (primary N) is 1. The summed E-state index contributed by atoms with van der Waals surface area (Å²) < 4.78 is 4.76. The van der Waals surface area contributed by atoms with E-state index in [0.717, 1.165) is 11.1 Å². The van der Waals surface area contributed by atoms with Crippen LogP contribution in [0, 0.1) is 13.8 Å². The molecule has 0 amide bonds. The molecule has 1 atom stereocenters. The molecule has 2 N–H and O–H groups in total. The highest BCUT2D eigenvalue weighted by Gasteiger charge is 2.21. The van der Waals surface area contributed by atoms with Crippen LogP contribution in [-0.2, 0) is 9.53 Å². The molecule has 23 heavy (non-hydrogen) atoms. The number of hydrogen-bond acceptors (Lipinski definition) is 4. The van der Waals surface area contributed by atoms with E-state index in [1.54, 1.807) is 12.1 Å². The van der Waals surface area contributed by atoms with Gasteiger partial charge in [0, 0.05) is 10.7 Å². The van der Waals surface area contributed by atoms with Crippen molar-refractivity contribution in [1.82, 2.24) is 0 Å². The van der Waals surface area contributed by atoms with E-state index in [1.807, 2.05) is 12.1 Å². The van der Waals surface area contributed by atoms with E-state index in [2.05, 4.69) is 26.0 Å². The third-order valence-electron chi connectivity index (χ3n) is 3.86. The smallest absolute Gasteiger partial charge is 0.315 e. The van der Waals surface area contributed by atoms with Crippen molar-refractivity contribution in [2.75, 3.05) is 18.6 Å². The van der Waals surface area contributed by atoms with Gasteiger partial charge in [-0.3, -0.25) is 4.79 Å². The number of methoxy groups -OCH3 is 1. The van der Waals surface area contributed by atoms with Crippen LogP contribution in [0.4, 0.5) is 5.69 Å². The van der Waals surface area contributed by atoms with E-state index in [1.165, 1.54) is 30.0 Å². The van der Waals surface area contributed by atoms with Crippen LogP contribution < -0.4 is 5.73 Å². The largest absolute Gasteiger partial charge is 0.468 e. The van der Waals surface area contributed by atoms with E-state index in [0.29, 0.717) is 10.7 Å². The summed E-state index contributed by atoms with van der Waals surface area (Å²) in [5.74, 6) is -0.00792. The average Bonchev–Trinajstić information content (AvgIpc) is 2.54. The number of carbonyl (C=O) groups excluding carboxylic acids is 1. The van der Waals surface area contributed by atoms with Gasteiger partial charge in [0.15, 0.2) is 0 Å². The molecule has 5 heteroatoms. The van der Waals surface area contributed by atoms with Crippen LogP contribution in [0.3, 0.4) is 0 Å². The number of halogens is 1. The van der Waals surface area contributed by atoms with Gasteiger partial charge in [0.2, 0.25) is 0 Å². The first-order chi connectivity index (χ1) is 10.9. The summed E-state index contributed by atoms with van der Waals surface area (Å²) in [7, 11) is 1.39. The molecule has 0 aliphatic rings. The van der Waals surface area contributed by atoms with E-state index < -0.39 is 0 Å². The molecule has 0 fully saturated rings. The molecule has 0 spiro atoms. The molecule has 122 valence electrons. The van der Waals surface area contributed by atoms with E-state index in [4.69, 9.17) is 22.1 Å². The van der Waals surface area contributed by atoms with Crippen LogP contribution in [0.15, 0.2) is 36.4 Å². The fourth-order valence-electron chi connectivity index (χ4n) is 2.39. The van der Waals surface area contributed by atoms with Crippen molar-refractivity contribution in [3.8, 4) is 0 Å². The predicted molar refractivity (Wildman–Crippen MR) is 98.1 cm³/mol. The summed E-state index contributed by atoms with van der Waals surface area (Å²) >= 11 is 7.65. The topological polar surface area (TPSA) is 52.3 Å². The summed E-state index contributed by atoms with van der Waals surface area (Å²) in [5.41, 5.74) is 11.3. The molecule has 0 saturated carbocycles. The second kappa shape index (κ2) is 7.75. The molecule has 0 saturated heterocycles. The summed E-state index contributed by atoms with van der Waals surface area (Å²) in [6.07, 6.45) is 0. The van der Waals surface area contributed by atoms with Crippen molar-refractivity contribution in [3.05, 3.63) is 63.7 Å². The Kier molecular flexibility index (Phi) is 5.97. The molecule has 1 unspecified atom stereocenters. The number of benzene rings is 2. The predicted octanol–water partition coefficient (Wildman–Crippen LogP) is 4.53. The normalized spacial score (nSPS) is 12.0. The van der Waals surface area contributed by atoms with Crippen LogP contribution in [0.2, 0.25) is 5.02 Å². The first-order valence-corrected chi connectivity index (χ1v) is 8.66. The monoisotopic (exact) mass is 349 g/mol. The molecule has 0 aliphatic heterocycles. The maximum absolute atomic E-state index is 11.6. The number of rotatable bonds is 5. The molecule has 2 aromatic rings. The Morgan fingerprint density at radius 2 is 2.00 bits per heavy atom. The first-order valence-electron chi connectivity index (χ1n) is 7.23. The Morgan fingerprint density at radius 1 is 1.26 bits per heavy atom. The molecule has 2 rings (SSSR count). The van der Waals surface area contributed by atoms with Gasteiger partial charge in [0.1, 0.15) is 0 Å². The van der Waals surface area contributed by atoms with Gasteiger partial charge in [0.25, 0.3) is 0 Å². The molecule has 0 aromatic heterocycles. The van der Waals surface area contributed by atoms with Crippen LogP contribution in [0.5, 0.6) is 0 Å². The highest BCUT2D eigenvalue weighted by molar-refractivity contribution is 8.00. The zero-order valence-corrected chi connectivity index (χ0v) is 15.0. The Labute approximate surface area is 146 Å². The van der Waals surface area contributed by atoms with Gasteiger partial charge in [0.05, 0.1) is 18.1 Å². The average molecular weight is 350 g/mol. The molecule has 0 aliphatic carbocycles. The maximum atomic E-state index is 11.6.